The Balaban J connectivity index is 1.66. The van der Waals surface area contributed by atoms with Gasteiger partial charge in [-0.3, -0.25) is 28.8 Å². The fraction of sp³-hybridized carbons (Fsp3) is 0.649. The Morgan fingerprint density at radius 1 is 0.745 bits per heavy atom. The topological polar surface area (TPSA) is 184 Å². The summed E-state index contributed by atoms with van der Waals surface area (Å²) in [5.41, 5.74) is -6.45. The quantitative estimate of drug-likeness (QED) is 0.297. The average Bonchev–Trinajstić information content (AvgIpc) is 3.45. The Bertz CT molecular complexity index is 1670. The Kier molecular flexibility index (Phi) is 8.88. The minimum atomic E-state index is -1.88. The van der Waals surface area contributed by atoms with Crippen LogP contribution in [0.15, 0.2) is 30.3 Å². The van der Waals surface area contributed by atoms with Crippen molar-refractivity contribution in [3.8, 4) is 0 Å². The van der Waals surface area contributed by atoms with Crippen LogP contribution in [0.3, 0.4) is 0 Å². The highest BCUT2D eigenvalue weighted by Gasteiger charge is 2.86. The third-order valence-corrected chi connectivity index (χ3v) is 11.8. The summed E-state index contributed by atoms with van der Waals surface area (Å²) in [6.45, 7) is 10.6. The number of benzene rings is 1. The smallest absolute Gasteiger partial charge is 0.338 e. The molecule has 14 nitrogen and oxygen atoms in total. The number of carbonyl (C=O) groups is 7. The van der Waals surface area contributed by atoms with Gasteiger partial charge in [-0.1, -0.05) is 25.1 Å². The molecule has 1 heterocycles. The van der Waals surface area contributed by atoms with Gasteiger partial charge in [0.05, 0.1) is 23.5 Å². The van der Waals surface area contributed by atoms with E-state index >= 15 is 4.79 Å². The van der Waals surface area contributed by atoms with Crippen LogP contribution in [0.1, 0.15) is 78.6 Å². The van der Waals surface area contributed by atoms with Crippen molar-refractivity contribution in [3.05, 3.63) is 35.9 Å². The number of fused-ring (bicyclic) bond motifs is 2. The van der Waals surface area contributed by atoms with Gasteiger partial charge in [-0.25, -0.2) is 4.79 Å². The summed E-state index contributed by atoms with van der Waals surface area (Å²) >= 11 is 0. The minimum absolute atomic E-state index is 0.0391. The summed E-state index contributed by atoms with van der Waals surface area (Å²) in [5, 5.41) is 0. The van der Waals surface area contributed by atoms with Crippen LogP contribution in [0, 0.1) is 35.0 Å². The molecule has 0 amide bonds. The first-order valence-electron chi connectivity index (χ1n) is 17.2. The lowest BCUT2D eigenvalue weighted by Crippen LogP contribution is -2.75. The number of esters is 6. The van der Waals surface area contributed by atoms with Crippen molar-refractivity contribution in [2.24, 2.45) is 35.0 Å². The van der Waals surface area contributed by atoms with Gasteiger partial charge in [-0.05, 0) is 44.7 Å². The maximum Gasteiger partial charge on any atom is 0.338 e. The lowest BCUT2D eigenvalue weighted by Gasteiger charge is -2.64. The molecule has 1 aromatic rings. The van der Waals surface area contributed by atoms with Crippen LogP contribution in [0.2, 0.25) is 0 Å². The van der Waals surface area contributed by atoms with Crippen LogP contribution >= 0.6 is 0 Å². The highest BCUT2D eigenvalue weighted by atomic mass is 16.6. The van der Waals surface area contributed by atoms with E-state index in [1.165, 1.54) is 27.7 Å². The number of Topliss-reactive ketones (excluding diaryl/α,β-unsaturated/α-hetero) is 1. The summed E-state index contributed by atoms with van der Waals surface area (Å²) in [5.74, 6) is -9.42. The molecule has 1 saturated heterocycles. The SMILES string of the molecule is CC(=O)O[C@@H]1[C@@H]2[C@@H](OC(C)=O)[C@@]34CO[C@@](C)([C@H](OC(C)=O)[C@@]2(OC(C)=O)C[C@@H]1C)[C@@H]3[C@@H]1[C@@H](C[C@]1(C)OC(C)=O)[C@@H](OC(=O)c1ccccc1)C4=O. The lowest BCUT2D eigenvalue weighted by molar-refractivity contribution is -0.258. The largest absolute Gasteiger partial charge is 0.462 e. The van der Waals surface area contributed by atoms with E-state index in [4.69, 9.17) is 33.2 Å². The summed E-state index contributed by atoms with van der Waals surface area (Å²) < 4.78 is 43.2. The van der Waals surface area contributed by atoms with Gasteiger partial charge in [0.1, 0.15) is 23.4 Å². The van der Waals surface area contributed by atoms with E-state index in [1.807, 2.05) is 0 Å². The Morgan fingerprint density at radius 2 is 1.35 bits per heavy atom. The molecule has 6 rings (SSSR count). The lowest BCUT2D eigenvalue weighted by atomic mass is 9.42. The van der Waals surface area contributed by atoms with Gasteiger partial charge in [0.25, 0.3) is 0 Å². The molecule has 13 atom stereocenters. The average molecular weight is 713 g/mol. The molecule has 0 radical (unpaired) electrons. The maximum atomic E-state index is 15.5. The highest BCUT2D eigenvalue weighted by molar-refractivity contribution is 5.97. The molecular weight excluding hydrogens is 668 g/mol. The van der Waals surface area contributed by atoms with E-state index in [0.717, 1.165) is 6.92 Å². The fourth-order valence-electron chi connectivity index (χ4n) is 10.7. The van der Waals surface area contributed by atoms with Gasteiger partial charge in [0.2, 0.25) is 0 Å². The molecule has 5 fully saturated rings. The van der Waals surface area contributed by atoms with Crippen LogP contribution in [-0.2, 0) is 61.9 Å². The fourth-order valence-corrected chi connectivity index (χ4v) is 10.7. The van der Waals surface area contributed by atoms with E-state index in [-0.39, 0.29) is 18.4 Å². The Morgan fingerprint density at radius 3 is 1.92 bits per heavy atom. The summed E-state index contributed by atoms with van der Waals surface area (Å²) in [6, 6.07) is 8.11. The van der Waals surface area contributed by atoms with Crippen molar-refractivity contribution in [2.75, 3.05) is 6.61 Å². The first kappa shape index (κ1) is 36.5. The van der Waals surface area contributed by atoms with E-state index < -0.39 is 124 Å². The van der Waals surface area contributed by atoms with Crippen LogP contribution < -0.4 is 0 Å². The van der Waals surface area contributed by atoms with Crippen LogP contribution in [-0.4, -0.2) is 89.4 Å². The number of rotatable bonds is 7. The van der Waals surface area contributed by atoms with E-state index in [0.29, 0.717) is 0 Å². The molecule has 14 heteroatoms. The molecule has 0 aromatic heterocycles. The predicted octanol–water partition coefficient (Wildman–Crippen LogP) is 2.91. The number of carbonyl (C=O) groups excluding carboxylic acids is 7. The summed E-state index contributed by atoms with van der Waals surface area (Å²) in [6.07, 6.45) is -5.43. The van der Waals surface area contributed by atoms with Gasteiger partial charge in [0, 0.05) is 52.4 Å². The normalized spacial score (nSPS) is 41.6. The number of hydrogen-bond acceptors (Lipinski definition) is 14. The van der Waals surface area contributed by atoms with Crippen molar-refractivity contribution in [1.82, 2.24) is 0 Å². The number of ether oxygens (including phenoxy) is 7. The number of hydrogen-bond donors (Lipinski definition) is 0. The minimum Gasteiger partial charge on any atom is -0.462 e. The first-order valence-corrected chi connectivity index (χ1v) is 17.2. The Hall–Kier alpha value is -4.33. The second kappa shape index (κ2) is 12.4. The maximum absolute atomic E-state index is 15.5. The third kappa shape index (κ3) is 5.43. The van der Waals surface area contributed by atoms with Crippen LogP contribution in [0.5, 0.6) is 0 Å². The van der Waals surface area contributed by atoms with Crippen molar-refractivity contribution >= 4 is 41.6 Å². The van der Waals surface area contributed by atoms with E-state index in [2.05, 4.69) is 0 Å². The van der Waals surface area contributed by atoms with Gasteiger partial charge in [-0.2, -0.15) is 0 Å². The molecule has 0 spiro atoms. The molecule has 1 aromatic carbocycles. The van der Waals surface area contributed by atoms with E-state index in [9.17, 15) is 28.8 Å². The van der Waals surface area contributed by atoms with Crippen molar-refractivity contribution in [1.29, 1.82) is 0 Å². The molecule has 2 bridgehead atoms. The predicted molar refractivity (Wildman–Crippen MR) is 171 cm³/mol. The molecule has 0 N–H and O–H groups in total. The van der Waals surface area contributed by atoms with Gasteiger partial charge in [0.15, 0.2) is 23.6 Å². The molecule has 51 heavy (non-hydrogen) atoms. The van der Waals surface area contributed by atoms with Gasteiger partial charge < -0.3 is 33.2 Å². The first-order chi connectivity index (χ1) is 23.8. The van der Waals surface area contributed by atoms with Crippen molar-refractivity contribution < 1.29 is 66.7 Å². The molecule has 1 aliphatic heterocycles. The molecule has 0 unspecified atom stereocenters. The summed E-state index contributed by atoms with van der Waals surface area (Å²) in [4.78, 5) is 93.7. The molecular formula is C37H44O14. The number of ketones is 1. The molecule has 4 saturated carbocycles. The monoisotopic (exact) mass is 712 g/mol. The van der Waals surface area contributed by atoms with Crippen molar-refractivity contribution in [2.45, 2.75) is 109 Å². The molecule has 4 aliphatic carbocycles. The van der Waals surface area contributed by atoms with Crippen LogP contribution in [0.25, 0.3) is 0 Å². The zero-order valence-corrected chi connectivity index (χ0v) is 29.9. The van der Waals surface area contributed by atoms with Crippen LogP contribution in [0.4, 0.5) is 0 Å². The Labute approximate surface area is 295 Å². The zero-order chi connectivity index (χ0) is 37.4. The molecule has 5 aliphatic rings. The third-order valence-electron chi connectivity index (χ3n) is 11.8. The summed E-state index contributed by atoms with van der Waals surface area (Å²) in [7, 11) is 0. The standard InChI is InChI=1S/C37H44O14/c1-17-14-37(51-22(6)42)26(27(17)46-18(2)38)31(47-19(3)39)36-16-45-35(8,33(37)48-20(4)40)29(36)25-24(15-34(25,7)50-21(5)41)28(30(36)43)49-32(44)23-12-10-9-11-13-23/h9-13,17,24-29,31,33H,14-16H2,1-8H3/t17-,24+,25-,26+,27-,28+,29-,31+,33-,34-,35+,36-,37+/m0/s1. The van der Waals surface area contributed by atoms with Crippen molar-refractivity contribution in [3.63, 3.8) is 0 Å². The van der Waals surface area contributed by atoms with Gasteiger partial charge in [-0.15, -0.1) is 0 Å². The molecule has 276 valence electrons. The van der Waals surface area contributed by atoms with Gasteiger partial charge >= 0.3 is 35.8 Å². The van der Waals surface area contributed by atoms with E-state index in [1.54, 1.807) is 51.1 Å². The zero-order valence-electron chi connectivity index (χ0n) is 29.9. The highest BCUT2D eigenvalue weighted by Crippen LogP contribution is 2.73. The second-order valence-electron chi connectivity index (χ2n) is 15.2. The second-order valence-corrected chi connectivity index (χ2v) is 15.2.